The lowest BCUT2D eigenvalue weighted by molar-refractivity contribution is 0.0600. The van der Waals surface area contributed by atoms with E-state index in [0.717, 1.165) is 24.6 Å². The van der Waals surface area contributed by atoms with E-state index < -0.39 is 11.8 Å². The van der Waals surface area contributed by atoms with Crippen molar-refractivity contribution < 1.29 is 13.9 Å². The molecule has 0 spiro atoms. The summed E-state index contributed by atoms with van der Waals surface area (Å²) in [5, 5.41) is 0. The van der Waals surface area contributed by atoms with Gasteiger partial charge in [-0.25, -0.2) is 14.2 Å². The Bertz CT molecular complexity index is 632. The molecule has 0 amide bonds. The second kappa shape index (κ2) is 4.50. The van der Waals surface area contributed by atoms with Crippen LogP contribution in [0.5, 0.6) is 0 Å². The number of hydrogen-bond acceptors (Lipinski definition) is 3. The largest absolute Gasteiger partial charge is 0.465 e. The van der Waals surface area contributed by atoms with Gasteiger partial charge in [0, 0.05) is 12.1 Å². The molecule has 0 atom stereocenters. The monoisotopic (exact) mass is 260 g/mol. The first-order valence-corrected chi connectivity index (χ1v) is 6.10. The molecule has 1 heterocycles. The van der Waals surface area contributed by atoms with Crippen LogP contribution in [0.3, 0.4) is 0 Å². The summed E-state index contributed by atoms with van der Waals surface area (Å²) in [5.41, 5.74) is 1.78. The zero-order valence-electron chi connectivity index (χ0n) is 10.5. The molecule has 1 saturated carbocycles. The van der Waals surface area contributed by atoms with E-state index >= 15 is 0 Å². The van der Waals surface area contributed by atoms with Crippen molar-refractivity contribution in [2.75, 3.05) is 7.11 Å². The van der Waals surface area contributed by atoms with Gasteiger partial charge in [-0.2, -0.15) is 0 Å². The maximum atomic E-state index is 13.5. The minimum absolute atomic E-state index is 0.194. The van der Waals surface area contributed by atoms with E-state index in [-0.39, 0.29) is 5.56 Å². The van der Waals surface area contributed by atoms with Gasteiger partial charge in [-0.05, 0) is 31.0 Å². The summed E-state index contributed by atoms with van der Waals surface area (Å²) in [7, 11) is 1.27. The van der Waals surface area contributed by atoms with Crippen molar-refractivity contribution in [3.05, 3.63) is 47.8 Å². The standard InChI is InChI=1S/C14H13FN2O2/c1-19-14(18)10-4-11(15)6-12(5-10)17-7-13(16-8-17)9-2-3-9/h4-9H,2-3H2,1H3. The Kier molecular flexibility index (Phi) is 2.81. The van der Waals surface area contributed by atoms with Crippen LogP contribution in [-0.2, 0) is 4.74 Å². The molecule has 5 heteroatoms. The molecule has 1 aromatic carbocycles. The predicted octanol–water partition coefficient (Wildman–Crippen LogP) is 2.68. The number of rotatable bonds is 3. The summed E-state index contributed by atoms with van der Waals surface area (Å²) >= 11 is 0. The van der Waals surface area contributed by atoms with E-state index in [0.29, 0.717) is 11.6 Å². The van der Waals surface area contributed by atoms with Gasteiger partial charge >= 0.3 is 5.97 Å². The highest BCUT2D eigenvalue weighted by molar-refractivity contribution is 5.90. The lowest BCUT2D eigenvalue weighted by Gasteiger charge is -2.05. The van der Waals surface area contributed by atoms with Crippen LogP contribution in [0, 0.1) is 5.82 Å². The zero-order valence-corrected chi connectivity index (χ0v) is 10.5. The number of benzene rings is 1. The maximum absolute atomic E-state index is 13.5. The number of carbonyl (C=O) groups is 1. The number of halogens is 1. The SMILES string of the molecule is COC(=O)c1cc(F)cc(-n2cnc(C3CC3)c2)c1. The minimum Gasteiger partial charge on any atom is -0.465 e. The Morgan fingerprint density at radius 2 is 2.21 bits per heavy atom. The van der Waals surface area contributed by atoms with Crippen LogP contribution >= 0.6 is 0 Å². The Morgan fingerprint density at radius 3 is 2.89 bits per heavy atom. The average Bonchev–Trinajstić information content (AvgIpc) is 3.14. The third-order valence-electron chi connectivity index (χ3n) is 3.20. The third-order valence-corrected chi connectivity index (χ3v) is 3.20. The summed E-state index contributed by atoms with van der Waals surface area (Å²) in [6, 6.07) is 4.12. The van der Waals surface area contributed by atoms with Gasteiger partial charge in [0.2, 0.25) is 0 Å². The van der Waals surface area contributed by atoms with Gasteiger partial charge < -0.3 is 9.30 Å². The van der Waals surface area contributed by atoms with Gasteiger partial charge in [-0.1, -0.05) is 0 Å². The van der Waals surface area contributed by atoms with Crippen LogP contribution in [0.2, 0.25) is 0 Å². The van der Waals surface area contributed by atoms with Crippen LogP contribution in [0.4, 0.5) is 4.39 Å². The van der Waals surface area contributed by atoms with E-state index in [9.17, 15) is 9.18 Å². The Hall–Kier alpha value is -2.17. The number of ether oxygens (including phenoxy) is 1. The number of hydrogen-bond donors (Lipinski definition) is 0. The van der Waals surface area contributed by atoms with Crippen molar-refractivity contribution in [3.63, 3.8) is 0 Å². The summed E-state index contributed by atoms with van der Waals surface area (Å²) in [5.74, 6) is -0.488. The molecule has 0 saturated heterocycles. The van der Waals surface area contributed by atoms with Gasteiger partial charge in [0.1, 0.15) is 5.82 Å². The highest BCUT2D eigenvalue weighted by atomic mass is 19.1. The Morgan fingerprint density at radius 1 is 1.42 bits per heavy atom. The van der Waals surface area contributed by atoms with E-state index in [2.05, 4.69) is 9.72 Å². The molecule has 0 unspecified atom stereocenters. The molecule has 98 valence electrons. The molecule has 19 heavy (non-hydrogen) atoms. The lowest BCUT2D eigenvalue weighted by atomic mass is 10.2. The van der Waals surface area contributed by atoms with Gasteiger partial charge in [-0.3, -0.25) is 0 Å². The fraction of sp³-hybridized carbons (Fsp3) is 0.286. The minimum atomic E-state index is -0.553. The van der Waals surface area contributed by atoms with Crippen molar-refractivity contribution in [2.45, 2.75) is 18.8 Å². The molecule has 3 rings (SSSR count). The molecule has 0 bridgehead atoms. The second-order valence-electron chi connectivity index (χ2n) is 4.67. The summed E-state index contributed by atoms with van der Waals surface area (Å²) < 4.78 is 19.9. The van der Waals surface area contributed by atoms with Crippen molar-refractivity contribution >= 4 is 5.97 Å². The van der Waals surface area contributed by atoms with Crippen molar-refractivity contribution in [3.8, 4) is 5.69 Å². The van der Waals surface area contributed by atoms with E-state index in [1.807, 2.05) is 6.20 Å². The number of esters is 1. The summed E-state index contributed by atoms with van der Waals surface area (Å²) in [6.07, 6.45) is 5.85. The fourth-order valence-electron chi connectivity index (χ4n) is 2.03. The first-order chi connectivity index (χ1) is 9.17. The number of carbonyl (C=O) groups excluding carboxylic acids is 1. The van der Waals surface area contributed by atoms with Gasteiger partial charge in [0.25, 0.3) is 0 Å². The van der Waals surface area contributed by atoms with Gasteiger partial charge in [-0.15, -0.1) is 0 Å². The second-order valence-corrected chi connectivity index (χ2v) is 4.67. The summed E-state index contributed by atoms with van der Waals surface area (Å²) in [4.78, 5) is 15.8. The van der Waals surface area contributed by atoms with E-state index in [1.165, 1.54) is 13.2 Å². The van der Waals surface area contributed by atoms with Crippen molar-refractivity contribution in [1.29, 1.82) is 0 Å². The Balaban J connectivity index is 1.98. The molecular weight excluding hydrogens is 247 g/mol. The molecule has 0 N–H and O–H groups in total. The van der Waals surface area contributed by atoms with Crippen molar-refractivity contribution in [2.24, 2.45) is 0 Å². The molecule has 1 aliphatic carbocycles. The first-order valence-electron chi connectivity index (χ1n) is 6.10. The summed E-state index contributed by atoms with van der Waals surface area (Å²) in [6.45, 7) is 0. The molecule has 1 aliphatic rings. The van der Waals surface area contributed by atoms with Gasteiger partial charge in [0.15, 0.2) is 0 Å². The average molecular weight is 260 g/mol. The number of aromatic nitrogens is 2. The van der Waals surface area contributed by atoms with Crippen molar-refractivity contribution in [1.82, 2.24) is 9.55 Å². The van der Waals surface area contributed by atoms with Crippen LogP contribution in [0.25, 0.3) is 5.69 Å². The smallest absolute Gasteiger partial charge is 0.338 e. The number of methoxy groups -OCH3 is 1. The lowest BCUT2D eigenvalue weighted by Crippen LogP contribution is -2.03. The zero-order chi connectivity index (χ0) is 13.4. The first kappa shape index (κ1) is 11.9. The van der Waals surface area contributed by atoms with Crippen LogP contribution in [0.15, 0.2) is 30.7 Å². The number of nitrogens with zero attached hydrogens (tertiary/aromatic N) is 2. The van der Waals surface area contributed by atoms with E-state index in [4.69, 9.17) is 0 Å². The van der Waals surface area contributed by atoms with Crippen LogP contribution in [0.1, 0.15) is 34.8 Å². The molecular formula is C14H13FN2O2. The van der Waals surface area contributed by atoms with Crippen LogP contribution in [-0.4, -0.2) is 22.6 Å². The molecule has 1 fully saturated rings. The molecule has 4 nitrogen and oxygen atoms in total. The Labute approximate surface area is 109 Å². The fourth-order valence-corrected chi connectivity index (χ4v) is 2.03. The predicted molar refractivity (Wildman–Crippen MR) is 66.8 cm³/mol. The third kappa shape index (κ3) is 2.36. The van der Waals surface area contributed by atoms with E-state index in [1.54, 1.807) is 17.0 Å². The highest BCUT2D eigenvalue weighted by Crippen LogP contribution is 2.39. The molecule has 0 aliphatic heterocycles. The molecule has 1 aromatic heterocycles. The number of imidazole rings is 1. The van der Waals surface area contributed by atoms with Gasteiger partial charge in [0.05, 0.1) is 30.4 Å². The molecule has 0 radical (unpaired) electrons. The molecule has 2 aromatic rings. The topological polar surface area (TPSA) is 44.1 Å². The maximum Gasteiger partial charge on any atom is 0.338 e. The quantitative estimate of drug-likeness (QED) is 0.797. The highest BCUT2D eigenvalue weighted by Gasteiger charge is 2.25. The van der Waals surface area contributed by atoms with Crippen LogP contribution < -0.4 is 0 Å². The normalized spacial score (nSPS) is 14.4.